The minimum atomic E-state index is 0.831. The molecule has 0 radical (unpaired) electrons. The number of likely N-dealkylation sites (N-methyl/N-ethyl adjacent to an activating group) is 2. The van der Waals surface area contributed by atoms with E-state index in [1.54, 1.807) is 7.11 Å². The van der Waals surface area contributed by atoms with Crippen molar-refractivity contribution >= 4 is 0 Å². The highest BCUT2D eigenvalue weighted by atomic mass is 16.5. The van der Waals surface area contributed by atoms with Crippen molar-refractivity contribution in [1.82, 2.24) is 10.2 Å². The van der Waals surface area contributed by atoms with Crippen molar-refractivity contribution in [1.29, 1.82) is 0 Å². The molecule has 0 bridgehead atoms. The largest absolute Gasteiger partial charge is 0.383 e. The van der Waals surface area contributed by atoms with Crippen LogP contribution < -0.4 is 5.32 Å². The van der Waals surface area contributed by atoms with Gasteiger partial charge in [-0.1, -0.05) is 6.92 Å². The maximum absolute atomic E-state index is 4.99. The van der Waals surface area contributed by atoms with Crippen LogP contribution in [0.15, 0.2) is 0 Å². The molecule has 0 fully saturated rings. The minimum absolute atomic E-state index is 0.831. The van der Waals surface area contributed by atoms with E-state index in [-0.39, 0.29) is 0 Å². The lowest BCUT2D eigenvalue weighted by Crippen LogP contribution is -2.33. The van der Waals surface area contributed by atoms with Gasteiger partial charge in [-0.3, -0.25) is 0 Å². The molecule has 3 heteroatoms. The van der Waals surface area contributed by atoms with Crippen molar-refractivity contribution in [3.05, 3.63) is 0 Å². The summed E-state index contributed by atoms with van der Waals surface area (Å²) in [6.07, 6.45) is 0. The summed E-state index contributed by atoms with van der Waals surface area (Å²) in [6.45, 7) is 7.30. The lowest BCUT2D eigenvalue weighted by molar-refractivity contribution is 0.151. The average molecular weight is 160 g/mol. The second-order valence-electron chi connectivity index (χ2n) is 2.53. The van der Waals surface area contributed by atoms with Gasteiger partial charge in [-0.2, -0.15) is 0 Å². The van der Waals surface area contributed by atoms with Crippen molar-refractivity contribution in [2.75, 3.05) is 46.9 Å². The van der Waals surface area contributed by atoms with E-state index in [2.05, 4.69) is 17.1 Å². The SMILES string of the molecule is CCN(CCNC)CCOC. The van der Waals surface area contributed by atoms with E-state index in [4.69, 9.17) is 4.74 Å². The highest BCUT2D eigenvalue weighted by Gasteiger charge is 1.98. The van der Waals surface area contributed by atoms with Crippen LogP contribution in [0.1, 0.15) is 6.92 Å². The van der Waals surface area contributed by atoms with E-state index in [0.717, 1.165) is 32.8 Å². The van der Waals surface area contributed by atoms with E-state index in [9.17, 15) is 0 Å². The topological polar surface area (TPSA) is 24.5 Å². The zero-order chi connectivity index (χ0) is 8.53. The van der Waals surface area contributed by atoms with Crippen LogP contribution in [0, 0.1) is 0 Å². The Hall–Kier alpha value is -0.120. The molecule has 0 amide bonds. The van der Waals surface area contributed by atoms with E-state index < -0.39 is 0 Å². The van der Waals surface area contributed by atoms with Crippen LogP contribution in [0.3, 0.4) is 0 Å². The summed E-state index contributed by atoms with van der Waals surface area (Å²) in [7, 11) is 3.72. The molecule has 0 aromatic heterocycles. The molecule has 0 aliphatic heterocycles. The molecule has 0 heterocycles. The van der Waals surface area contributed by atoms with Crippen molar-refractivity contribution < 1.29 is 4.74 Å². The number of hydrogen-bond donors (Lipinski definition) is 1. The van der Waals surface area contributed by atoms with Crippen LogP contribution in [-0.2, 0) is 4.74 Å². The van der Waals surface area contributed by atoms with Crippen LogP contribution >= 0.6 is 0 Å². The molecule has 0 aromatic rings. The molecule has 0 spiro atoms. The van der Waals surface area contributed by atoms with Crippen LogP contribution in [0.4, 0.5) is 0 Å². The molecule has 0 aromatic carbocycles. The quantitative estimate of drug-likeness (QED) is 0.575. The number of methoxy groups -OCH3 is 1. The van der Waals surface area contributed by atoms with Crippen LogP contribution in [0.25, 0.3) is 0 Å². The number of hydrogen-bond acceptors (Lipinski definition) is 3. The van der Waals surface area contributed by atoms with E-state index in [1.807, 2.05) is 7.05 Å². The number of ether oxygens (including phenoxy) is 1. The average Bonchev–Trinajstić information content (AvgIpc) is 2.05. The standard InChI is InChI=1S/C8H20N2O/c1-4-10(6-5-9-2)7-8-11-3/h9H,4-8H2,1-3H3. The zero-order valence-electron chi connectivity index (χ0n) is 7.89. The molecular weight excluding hydrogens is 140 g/mol. The first-order chi connectivity index (χ1) is 5.35. The van der Waals surface area contributed by atoms with Crippen LogP contribution in [0.5, 0.6) is 0 Å². The van der Waals surface area contributed by atoms with Gasteiger partial charge < -0.3 is 15.0 Å². The predicted octanol–water partition coefficient (Wildman–Crippen LogP) is 0.174. The summed E-state index contributed by atoms with van der Waals surface area (Å²) >= 11 is 0. The van der Waals surface area contributed by atoms with Crippen molar-refractivity contribution in [2.24, 2.45) is 0 Å². The fourth-order valence-electron chi connectivity index (χ4n) is 0.918. The zero-order valence-corrected chi connectivity index (χ0v) is 7.89. The van der Waals surface area contributed by atoms with Crippen molar-refractivity contribution in [3.8, 4) is 0 Å². The number of rotatable bonds is 7. The second kappa shape index (κ2) is 7.98. The molecule has 68 valence electrons. The van der Waals surface area contributed by atoms with Gasteiger partial charge in [0.2, 0.25) is 0 Å². The third-order valence-electron chi connectivity index (χ3n) is 1.74. The summed E-state index contributed by atoms with van der Waals surface area (Å²) in [4.78, 5) is 2.36. The fourth-order valence-corrected chi connectivity index (χ4v) is 0.918. The second-order valence-corrected chi connectivity index (χ2v) is 2.53. The molecule has 0 rings (SSSR count). The summed E-state index contributed by atoms with van der Waals surface area (Å²) in [5, 5.41) is 3.13. The van der Waals surface area contributed by atoms with Crippen molar-refractivity contribution in [3.63, 3.8) is 0 Å². The van der Waals surface area contributed by atoms with Crippen molar-refractivity contribution in [2.45, 2.75) is 6.92 Å². The molecule has 0 saturated heterocycles. The number of nitrogens with zero attached hydrogens (tertiary/aromatic N) is 1. The Balaban J connectivity index is 3.25. The van der Waals surface area contributed by atoms with E-state index in [1.165, 1.54) is 0 Å². The van der Waals surface area contributed by atoms with Gasteiger partial charge in [0, 0.05) is 26.7 Å². The van der Waals surface area contributed by atoms with Gasteiger partial charge in [0.05, 0.1) is 6.61 Å². The lowest BCUT2D eigenvalue weighted by atomic mass is 10.4. The summed E-state index contributed by atoms with van der Waals surface area (Å²) < 4.78 is 4.99. The molecule has 0 aliphatic rings. The minimum Gasteiger partial charge on any atom is -0.383 e. The van der Waals surface area contributed by atoms with Gasteiger partial charge in [-0.05, 0) is 13.6 Å². The van der Waals surface area contributed by atoms with Gasteiger partial charge in [-0.15, -0.1) is 0 Å². The molecule has 0 aliphatic carbocycles. The third kappa shape index (κ3) is 6.28. The molecule has 0 unspecified atom stereocenters. The Kier molecular flexibility index (Phi) is 7.89. The Morgan fingerprint density at radius 2 is 2.09 bits per heavy atom. The van der Waals surface area contributed by atoms with E-state index in [0.29, 0.717) is 0 Å². The third-order valence-corrected chi connectivity index (χ3v) is 1.74. The first-order valence-electron chi connectivity index (χ1n) is 4.21. The Bertz CT molecular complexity index is 70.5. The molecular formula is C8H20N2O. The van der Waals surface area contributed by atoms with Crippen LogP contribution in [0.2, 0.25) is 0 Å². The van der Waals surface area contributed by atoms with Gasteiger partial charge in [0.25, 0.3) is 0 Å². The van der Waals surface area contributed by atoms with Gasteiger partial charge >= 0.3 is 0 Å². The van der Waals surface area contributed by atoms with E-state index >= 15 is 0 Å². The Labute approximate surface area is 69.7 Å². The molecule has 11 heavy (non-hydrogen) atoms. The molecule has 0 saturated carbocycles. The number of nitrogens with one attached hydrogen (secondary N) is 1. The highest BCUT2D eigenvalue weighted by Crippen LogP contribution is 1.85. The Morgan fingerprint density at radius 3 is 2.55 bits per heavy atom. The highest BCUT2D eigenvalue weighted by molar-refractivity contribution is 4.55. The van der Waals surface area contributed by atoms with Gasteiger partial charge in [-0.25, -0.2) is 0 Å². The normalized spacial score (nSPS) is 10.9. The maximum Gasteiger partial charge on any atom is 0.0589 e. The first kappa shape index (κ1) is 10.9. The van der Waals surface area contributed by atoms with Gasteiger partial charge in [0.1, 0.15) is 0 Å². The lowest BCUT2D eigenvalue weighted by Gasteiger charge is -2.19. The maximum atomic E-state index is 4.99. The molecule has 3 nitrogen and oxygen atoms in total. The first-order valence-corrected chi connectivity index (χ1v) is 4.21. The molecule has 1 N–H and O–H groups in total. The summed E-state index contributed by atoms with van der Waals surface area (Å²) in [5.41, 5.74) is 0. The van der Waals surface area contributed by atoms with Crippen LogP contribution in [-0.4, -0.2) is 51.8 Å². The smallest absolute Gasteiger partial charge is 0.0589 e. The Morgan fingerprint density at radius 1 is 1.36 bits per heavy atom. The van der Waals surface area contributed by atoms with Gasteiger partial charge in [0.15, 0.2) is 0 Å². The molecule has 0 atom stereocenters. The monoisotopic (exact) mass is 160 g/mol. The summed E-state index contributed by atoms with van der Waals surface area (Å²) in [6, 6.07) is 0. The summed E-state index contributed by atoms with van der Waals surface area (Å²) in [5.74, 6) is 0. The predicted molar refractivity (Wildman–Crippen MR) is 47.9 cm³/mol. The fraction of sp³-hybridized carbons (Fsp3) is 1.00.